The van der Waals surface area contributed by atoms with E-state index >= 15 is 0 Å². The Kier molecular flexibility index (Phi) is 3.34. The number of hydrogen-bond donors (Lipinski definition) is 1. The minimum absolute atomic E-state index is 0.171. The first-order chi connectivity index (χ1) is 6.54. The number of hydrogen-bond acceptors (Lipinski definition) is 1. The van der Waals surface area contributed by atoms with Crippen LogP contribution in [0.3, 0.4) is 0 Å². The SMILES string of the molecule is C/C=C(/Nc1ccccc1)C(C)(C)C. The smallest absolute Gasteiger partial charge is 0.0381 e. The maximum absolute atomic E-state index is 3.43. The number of para-hydroxylation sites is 1. The lowest BCUT2D eigenvalue weighted by Crippen LogP contribution is -2.16. The van der Waals surface area contributed by atoms with Gasteiger partial charge in [0.25, 0.3) is 0 Å². The van der Waals surface area contributed by atoms with Crippen LogP contribution in [-0.2, 0) is 0 Å². The fourth-order valence-electron chi connectivity index (χ4n) is 1.37. The van der Waals surface area contributed by atoms with E-state index in [0.717, 1.165) is 5.69 Å². The van der Waals surface area contributed by atoms with Gasteiger partial charge in [0.05, 0.1) is 0 Å². The monoisotopic (exact) mass is 189 g/mol. The molecule has 14 heavy (non-hydrogen) atoms. The Morgan fingerprint density at radius 2 is 1.71 bits per heavy atom. The van der Waals surface area contributed by atoms with Gasteiger partial charge in [-0.25, -0.2) is 0 Å². The molecule has 1 rings (SSSR count). The van der Waals surface area contributed by atoms with E-state index in [0.29, 0.717) is 0 Å². The number of rotatable bonds is 2. The fourth-order valence-corrected chi connectivity index (χ4v) is 1.37. The molecule has 1 aromatic rings. The van der Waals surface area contributed by atoms with Gasteiger partial charge >= 0.3 is 0 Å². The number of allylic oxidation sites excluding steroid dienone is 2. The maximum atomic E-state index is 3.43. The van der Waals surface area contributed by atoms with E-state index in [2.05, 4.69) is 51.2 Å². The number of benzene rings is 1. The molecule has 1 aromatic carbocycles. The van der Waals surface area contributed by atoms with Crippen molar-refractivity contribution >= 4 is 5.69 Å². The molecule has 0 aliphatic heterocycles. The molecule has 0 fully saturated rings. The van der Waals surface area contributed by atoms with Gasteiger partial charge in [-0.1, -0.05) is 45.0 Å². The van der Waals surface area contributed by atoms with Gasteiger partial charge in [-0.05, 0) is 19.1 Å². The van der Waals surface area contributed by atoms with Crippen molar-refractivity contribution in [2.24, 2.45) is 5.41 Å². The van der Waals surface area contributed by atoms with Gasteiger partial charge in [-0.3, -0.25) is 0 Å². The predicted molar refractivity (Wildman–Crippen MR) is 63.3 cm³/mol. The largest absolute Gasteiger partial charge is 0.359 e. The topological polar surface area (TPSA) is 12.0 Å². The Hall–Kier alpha value is -1.24. The lowest BCUT2D eigenvalue weighted by atomic mass is 9.91. The molecule has 0 radical (unpaired) electrons. The molecule has 0 aliphatic carbocycles. The van der Waals surface area contributed by atoms with E-state index in [1.54, 1.807) is 0 Å². The van der Waals surface area contributed by atoms with Crippen LogP contribution in [0, 0.1) is 5.41 Å². The molecular formula is C13H19N. The quantitative estimate of drug-likeness (QED) is 0.740. The summed E-state index contributed by atoms with van der Waals surface area (Å²) in [6.45, 7) is 8.69. The van der Waals surface area contributed by atoms with E-state index in [9.17, 15) is 0 Å². The van der Waals surface area contributed by atoms with Crippen LogP contribution in [0.4, 0.5) is 5.69 Å². The van der Waals surface area contributed by atoms with Crippen molar-refractivity contribution in [1.29, 1.82) is 0 Å². The highest BCUT2D eigenvalue weighted by molar-refractivity contribution is 5.48. The zero-order valence-corrected chi connectivity index (χ0v) is 9.46. The molecule has 0 aliphatic rings. The fraction of sp³-hybridized carbons (Fsp3) is 0.385. The van der Waals surface area contributed by atoms with E-state index < -0.39 is 0 Å². The Balaban J connectivity index is 2.78. The second-order valence-electron chi connectivity index (χ2n) is 4.44. The molecule has 1 nitrogen and oxygen atoms in total. The average molecular weight is 189 g/mol. The summed E-state index contributed by atoms with van der Waals surface area (Å²) in [5.74, 6) is 0. The van der Waals surface area contributed by atoms with Gasteiger partial charge in [0, 0.05) is 16.8 Å². The van der Waals surface area contributed by atoms with E-state index in [1.165, 1.54) is 5.70 Å². The van der Waals surface area contributed by atoms with Crippen molar-refractivity contribution in [3.63, 3.8) is 0 Å². The summed E-state index contributed by atoms with van der Waals surface area (Å²) < 4.78 is 0. The Morgan fingerprint density at radius 3 is 2.14 bits per heavy atom. The van der Waals surface area contributed by atoms with Crippen molar-refractivity contribution in [2.75, 3.05) is 5.32 Å². The highest BCUT2D eigenvalue weighted by Gasteiger charge is 2.15. The Bertz CT molecular complexity index is 304. The van der Waals surface area contributed by atoms with E-state index in [4.69, 9.17) is 0 Å². The van der Waals surface area contributed by atoms with Crippen LogP contribution < -0.4 is 5.32 Å². The second-order valence-corrected chi connectivity index (χ2v) is 4.44. The zero-order chi connectivity index (χ0) is 10.6. The van der Waals surface area contributed by atoms with Crippen LogP contribution in [0.25, 0.3) is 0 Å². The predicted octanol–water partition coefficient (Wildman–Crippen LogP) is 4.05. The summed E-state index contributed by atoms with van der Waals surface area (Å²) in [6, 6.07) is 10.3. The molecule has 0 amide bonds. The third-order valence-corrected chi connectivity index (χ3v) is 2.15. The molecule has 0 saturated carbocycles. The summed E-state index contributed by atoms with van der Waals surface area (Å²) in [6.07, 6.45) is 2.13. The standard InChI is InChI=1S/C13H19N/c1-5-12(13(2,3)4)14-11-9-7-6-8-10-11/h5-10,14H,1-4H3/b12-5+. The molecule has 76 valence electrons. The minimum Gasteiger partial charge on any atom is -0.359 e. The number of anilines is 1. The van der Waals surface area contributed by atoms with E-state index in [1.807, 2.05) is 18.2 Å². The van der Waals surface area contributed by atoms with Crippen LogP contribution in [0.1, 0.15) is 27.7 Å². The molecule has 0 saturated heterocycles. The molecule has 0 atom stereocenters. The number of nitrogens with one attached hydrogen (secondary N) is 1. The zero-order valence-electron chi connectivity index (χ0n) is 9.46. The van der Waals surface area contributed by atoms with Gasteiger partial charge in [0.2, 0.25) is 0 Å². The highest BCUT2D eigenvalue weighted by Crippen LogP contribution is 2.26. The molecule has 1 heteroatoms. The van der Waals surface area contributed by atoms with Gasteiger partial charge < -0.3 is 5.32 Å². The highest BCUT2D eigenvalue weighted by atomic mass is 14.9. The molecule has 0 aromatic heterocycles. The van der Waals surface area contributed by atoms with Crippen molar-refractivity contribution in [2.45, 2.75) is 27.7 Å². The lowest BCUT2D eigenvalue weighted by molar-refractivity contribution is 0.507. The van der Waals surface area contributed by atoms with Crippen LogP contribution in [-0.4, -0.2) is 0 Å². The summed E-state index contributed by atoms with van der Waals surface area (Å²) in [5.41, 5.74) is 2.57. The molecule has 0 unspecified atom stereocenters. The molecule has 0 bridgehead atoms. The van der Waals surface area contributed by atoms with Gasteiger partial charge in [0.1, 0.15) is 0 Å². The first-order valence-corrected chi connectivity index (χ1v) is 5.03. The van der Waals surface area contributed by atoms with Crippen LogP contribution in [0.2, 0.25) is 0 Å². The van der Waals surface area contributed by atoms with Crippen molar-refractivity contribution in [3.8, 4) is 0 Å². The summed E-state index contributed by atoms with van der Waals surface area (Å²) in [5, 5.41) is 3.43. The van der Waals surface area contributed by atoms with Crippen LogP contribution in [0.5, 0.6) is 0 Å². The van der Waals surface area contributed by atoms with Gasteiger partial charge in [-0.2, -0.15) is 0 Å². The molecule has 0 heterocycles. The second kappa shape index (κ2) is 4.32. The Morgan fingerprint density at radius 1 is 1.14 bits per heavy atom. The molecule has 1 N–H and O–H groups in total. The van der Waals surface area contributed by atoms with Crippen LogP contribution >= 0.6 is 0 Å². The normalized spacial score (nSPS) is 12.7. The first-order valence-electron chi connectivity index (χ1n) is 5.03. The Labute approximate surface area is 86.8 Å². The third-order valence-electron chi connectivity index (χ3n) is 2.15. The van der Waals surface area contributed by atoms with Crippen molar-refractivity contribution in [1.82, 2.24) is 0 Å². The molecular weight excluding hydrogens is 170 g/mol. The van der Waals surface area contributed by atoms with Gasteiger partial charge in [0.15, 0.2) is 0 Å². The maximum Gasteiger partial charge on any atom is 0.0381 e. The van der Waals surface area contributed by atoms with Crippen LogP contribution in [0.15, 0.2) is 42.1 Å². The lowest BCUT2D eigenvalue weighted by Gasteiger charge is -2.24. The first kappa shape index (κ1) is 10.8. The third kappa shape index (κ3) is 2.91. The molecule has 0 spiro atoms. The summed E-state index contributed by atoms with van der Waals surface area (Å²) in [4.78, 5) is 0. The summed E-state index contributed by atoms with van der Waals surface area (Å²) in [7, 11) is 0. The summed E-state index contributed by atoms with van der Waals surface area (Å²) >= 11 is 0. The van der Waals surface area contributed by atoms with Crippen molar-refractivity contribution < 1.29 is 0 Å². The van der Waals surface area contributed by atoms with Crippen molar-refractivity contribution in [3.05, 3.63) is 42.1 Å². The van der Waals surface area contributed by atoms with Gasteiger partial charge in [-0.15, -0.1) is 0 Å². The minimum atomic E-state index is 0.171. The van der Waals surface area contributed by atoms with E-state index in [-0.39, 0.29) is 5.41 Å². The average Bonchev–Trinajstić information content (AvgIpc) is 2.14.